The van der Waals surface area contributed by atoms with Crippen LogP contribution in [0, 0.1) is 11.8 Å². The molecule has 2 unspecified atom stereocenters. The van der Waals surface area contributed by atoms with Crippen molar-refractivity contribution >= 4 is 41.9 Å². The quantitative estimate of drug-likeness (QED) is 0.742. The van der Waals surface area contributed by atoms with Crippen LogP contribution in [-0.4, -0.2) is 35.3 Å². The highest BCUT2D eigenvalue weighted by molar-refractivity contribution is 9.10. The molecule has 108 valence electrons. The molecule has 1 fully saturated rings. The van der Waals surface area contributed by atoms with E-state index in [9.17, 15) is 8.42 Å². The number of nitrogens with one attached hydrogen (secondary N) is 1. The first-order valence-electron chi connectivity index (χ1n) is 6.06. The Morgan fingerprint density at radius 3 is 2.68 bits per heavy atom. The smallest absolute Gasteiger partial charge is 0.235 e. The molecular formula is C10H16Br2N4O2S. The third kappa shape index (κ3) is 3.37. The van der Waals surface area contributed by atoms with Gasteiger partial charge in [0.25, 0.3) is 10.0 Å². The molecule has 0 bridgehead atoms. The van der Waals surface area contributed by atoms with Gasteiger partial charge in [0.2, 0.25) is 5.03 Å². The number of nitrogens with zero attached hydrogens (tertiary/aromatic N) is 3. The van der Waals surface area contributed by atoms with E-state index in [4.69, 9.17) is 0 Å². The van der Waals surface area contributed by atoms with Crippen molar-refractivity contribution in [3.05, 3.63) is 4.60 Å². The number of alkyl halides is 1. The van der Waals surface area contributed by atoms with Crippen molar-refractivity contribution in [3.8, 4) is 0 Å². The summed E-state index contributed by atoms with van der Waals surface area (Å²) in [7, 11) is -2.01. The average Bonchev–Trinajstić information content (AvgIpc) is 2.93. The van der Waals surface area contributed by atoms with Crippen molar-refractivity contribution in [3.63, 3.8) is 0 Å². The molecule has 19 heavy (non-hydrogen) atoms. The minimum Gasteiger partial charge on any atom is -0.235 e. The van der Waals surface area contributed by atoms with E-state index in [1.165, 1.54) is 11.1 Å². The lowest BCUT2D eigenvalue weighted by Gasteiger charge is -2.17. The second-order valence-electron chi connectivity index (χ2n) is 4.77. The van der Waals surface area contributed by atoms with Gasteiger partial charge < -0.3 is 0 Å². The van der Waals surface area contributed by atoms with Gasteiger partial charge in [-0.1, -0.05) is 27.6 Å². The van der Waals surface area contributed by atoms with Crippen molar-refractivity contribution in [2.75, 3.05) is 11.9 Å². The van der Waals surface area contributed by atoms with Crippen LogP contribution in [0.4, 0.5) is 0 Å². The molecule has 0 aromatic carbocycles. The van der Waals surface area contributed by atoms with Gasteiger partial charge in [-0.3, -0.25) is 0 Å². The molecule has 0 spiro atoms. The molecule has 1 N–H and O–H groups in total. The number of aryl methyl sites for hydroxylation is 1. The van der Waals surface area contributed by atoms with Crippen LogP contribution in [-0.2, 0) is 17.1 Å². The highest BCUT2D eigenvalue weighted by Gasteiger charge is 2.29. The van der Waals surface area contributed by atoms with Crippen molar-refractivity contribution in [1.82, 2.24) is 19.7 Å². The molecule has 0 radical (unpaired) electrons. The number of rotatable bonds is 5. The van der Waals surface area contributed by atoms with Crippen molar-refractivity contribution in [2.24, 2.45) is 18.9 Å². The fourth-order valence-corrected chi connectivity index (χ4v) is 5.52. The highest BCUT2D eigenvalue weighted by atomic mass is 79.9. The molecule has 0 saturated heterocycles. The first-order chi connectivity index (χ1) is 8.95. The maximum Gasteiger partial charge on any atom is 0.260 e. The Hall–Kier alpha value is 0.01000. The van der Waals surface area contributed by atoms with Crippen molar-refractivity contribution < 1.29 is 8.42 Å². The van der Waals surface area contributed by atoms with Gasteiger partial charge in [0.05, 0.1) is 0 Å². The zero-order valence-corrected chi connectivity index (χ0v) is 14.5. The molecule has 1 aliphatic carbocycles. The molecule has 6 nitrogen and oxygen atoms in total. The number of halogens is 2. The summed E-state index contributed by atoms with van der Waals surface area (Å²) in [6.07, 6.45) is 3.40. The van der Waals surface area contributed by atoms with Crippen molar-refractivity contribution in [2.45, 2.75) is 24.3 Å². The predicted molar refractivity (Wildman–Crippen MR) is 78.5 cm³/mol. The molecule has 2 rings (SSSR count). The largest absolute Gasteiger partial charge is 0.260 e. The zero-order valence-electron chi connectivity index (χ0n) is 10.5. The summed E-state index contributed by atoms with van der Waals surface area (Å²) in [5.74, 6) is 0.949. The highest BCUT2D eigenvalue weighted by Crippen LogP contribution is 2.32. The monoisotopic (exact) mass is 414 g/mol. The van der Waals surface area contributed by atoms with E-state index in [0.717, 1.165) is 18.2 Å². The Morgan fingerprint density at radius 1 is 1.42 bits per heavy atom. The molecule has 1 aliphatic rings. The fraction of sp³-hybridized carbons (Fsp3) is 0.800. The SMILES string of the molecule is Cn1nnc(Br)c1S(=O)(=O)NCC1CCCC1CBr. The lowest BCUT2D eigenvalue weighted by Crippen LogP contribution is -2.32. The molecular weight excluding hydrogens is 400 g/mol. The van der Waals surface area contributed by atoms with E-state index in [1.807, 2.05) is 0 Å². The molecule has 1 saturated carbocycles. The van der Waals surface area contributed by atoms with E-state index >= 15 is 0 Å². The summed E-state index contributed by atoms with van der Waals surface area (Å²) < 4.78 is 28.6. The van der Waals surface area contributed by atoms with Gasteiger partial charge in [-0.2, -0.15) is 0 Å². The van der Waals surface area contributed by atoms with Gasteiger partial charge in [-0.25, -0.2) is 17.8 Å². The second-order valence-corrected chi connectivity index (χ2v) is 7.85. The van der Waals surface area contributed by atoms with Gasteiger partial charge >= 0.3 is 0 Å². The summed E-state index contributed by atoms with van der Waals surface area (Å²) >= 11 is 6.60. The van der Waals surface area contributed by atoms with Gasteiger partial charge in [0, 0.05) is 18.9 Å². The third-order valence-corrected chi connectivity index (χ3v) is 6.68. The number of hydrogen-bond acceptors (Lipinski definition) is 4. The molecule has 0 amide bonds. The summed E-state index contributed by atoms with van der Waals surface area (Å²) in [6, 6.07) is 0. The maximum absolute atomic E-state index is 12.2. The van der Waals surface area contributed by atoms with Crippen molar-refractivity contribution in [1.29, 1.82) is 0 Å². The molecule has 0 aliphatic heterocycles. The molecule has 1 aromatic heterocycles. The van der Waals surface area contributed by atoms with Gasteiger partial charge in [0.15, 0.2) is 4.60 Å². The Bertz CT molecular complexity index is 526. The second kappa shape index (κ2) is 6.19. The summed E-state index contributed by atoms with van der Waals surface area (Å²) in [6.45, 7) is 0.468. The topological polar surface area (TPSA) is 76.9 Å². The summed E-state index contributed by atoms with van der Waals surface area (Å²) in [5.41, 5.74) is 0. The maximum atomic E-state index is 12.2. The Morgan fingerprint density at radius 2 is 2.11 bits per heavy atom. The molecule has 1 heterocycles. The minimum atomic E-state index is -3.57. The Labute approximate surface area is 129 Å². The fourth-order valence-electron chi connectivity index (χ4n) is 2.48. The normalized spacial score (nSPS) is 23.9. The van der Waals surface area contributed by atoms with Crippen LogP contribution in [0.2, 0.25) is 0 Å². The summed E-state index contributed by atoms with van der Waals surface area (Å²) in [5, 5.41) is 8.38. The predicted octanol–water partition coefficient (Wildman–Crippen LogP) is 1.67. The van der Waals surface area contributed by atoms with E-state index in [2.05, 4.69) is 46.9 Å². The van der Waals surface area contributed by atoms with E-state index in [-0.39, 0.29) is 9.63 Å². The average molecular weight is 416 g/mol. The minimum absolute atomic E-state index is 0.0703. The van der Waals surface area contributed by atoms with Crippen LogP contribution in [0.5, 0.6) is 0 Å². The molecule has 9 heteroatoms. The Balaban J connectivity index is 2.06. The third-order valence-electron chi connectivity index (χ3n) is 3.54. The lowest BCUT2D eigenvalue weighted by molar-refractivity contribution is 0.421. The lowest BCUT2D eigenvalue weighted by atomic mass is 9.99. The van der Waals surface area contributed by atoms with Crippen LogP contribution in [0.3, 0.4) is 0 Å². The van der Waals surface area contributed by atoms with Gasteiger partial charge in [-0.15, -0.1) is 5.10 Å². The first-order valence-corrected chi connectivity index (χ1v) is 9.46. The Kier molecular flexibility index (Phi) is 5.02. The van der Waals surface area contributed by atoms with Crippen LogP contribution in [0.15, 0.2) is 9.63 Å². The van der Waals surface area contributed by atoms with Crippen LogP contribution < -0.4 is 4.72 Å². The first kappa shape index (κ1) is 15.4. The van der Waals surface area contributed by atoms with E-state index in [0.29, 0.717) is 18.4 Å². The van der Waals surface area contributed by atoms with Crippen LogP contribution in [0.1, 0.15) is 19.3 Å². The van der Waals surface area contributed by atoms with E-state index in [1.54, 1.807) is 7.05 Å². The summed E-state index contributed by atoms with van der Waals surface area (Å²) in [4.78, 5) is 0. The van der Waals surface area contributed by atoms with Crippen LogP contribution >= 0.6 is 31.9 Å². The van der Waals surface area contributed by atoms with E-state index < -0.39 is 10.0 Å². The zero-order chi connectivity index (χ0) is 14.0. The number of hydrogen-bond donors (Lipinski definition) is 1. The van der Waals surface area contributed by atoms with Gasteiger partial charge in [0.1, 0.15) is 0 Å². The van der Waals surface area contributed by atoms with Gasteiger partial charge in [-0.05, 0) is 40.6 Å². The number of aromatic nitrogens is 3. The molecule has 1 aromatic rings. The molecule has 2 atom stereocenters. The number of sulfonamides is 1. The van der Waals surface area contributed by atoms with Crippen LogP contribution in [0.25, 0.3) is 0 Å². The standard InChI is InChI=1S/C10H16Br2N4O2S/c1-16-10(9(12)14-15-16)19(17,18)13-6-8-4-2-3-7(8)5-11/h7-8,13H,2-6H2,1H3.